The van der Waals surface area contributed by atoms with Crippen LogP contribution in [0.15, 0.2) is 36.7 Å². The first-order valence-electron chi connectivity index (χ1n) is 6.53. The van der Waals surface area contributed by atoms with Crippen LogP contribution in [0.25, 0.3) is 0 Å². The summed E-state index contributed by atoms with van der Waals surface area (Å²) in [4.78, 5) is 6.69. The average Bonchev–Trinajstić information content (AvgIpc) is 2.86. The van der Waals surface area contributed by atoms with Crippen LogP contribution in [0.5, 0.6) is 0 Å². The summed E-state index contributed by atoms with van der Waals surface area (Å²) in [6.07, 6.45) is 3.88. The lowest BCUT2D eigenvalue weighted by molar-refractivity contribution is 0.225. The number of halogens is 1. The molecule has 1 aliphatic heterocycles. The highest BCUT2D eigenvalue weighted by atomic mass is 19.1. The van der Waals surface area contributed by atoms with Gasteiger partial charge in [0, 0.05) is 44.3 Å². The third-order valence-corrected chi connectivity index (χ3v) is 3.41. The molecule has 0 unspecified atom stereocenters. The summed E-state index contributed by atoms with van der Waals surface area (Å²) >= 11 is 0. The Morgan fingerprint density at radius 3 is 3.16 bits per heavy atom. The van der Waals surface area contributed by atoms with E-state index in [1.807, 2.05) is 18.5 Å². The van der Waals surface area contributed by atoms with Gasteiger partial charge in [0.25, 0.3) is 0 Å². The van der Waals surface area contributed by atoms with Gasteiger partial charge in [0.15, 0.2) is 0 Å². The summed E-state index contributed by atoms with van der Waals surface area (Å²) in [7, 11) is 0. The van der Waals surface area contributed by atoms with Crippen LogP contribution in [-0.4, -0.2) is 34.1 Å². The largest absolute Gasteiger partial charge is 0.384 e. The Morgan fingerprint density at radius 2 is 2.26 bits per heavy atom. The van der Waals surface area contributed by atoms with Crippen LogP contribution >= 0.6 is 0 Å². The lowest BCUT2D eigenvalue weighted by Gasteiger charge is -2.27. The van der Waals surface area contributed by atoms with Gasteiger partial charge in [-0.2, -0.15) is 0 Å². The van der Waals surface area contributed by atoms with Crippen LogP contribution in [0.1, 0.15) is 5.82 Å². The monoisotopic (exact) mass is 260 g/mol. The van der Waals surface area contributed by atoms with Gasteiger partial charge in [-0.05, 0) is 18.2 Å². The van der Waals surface area contributed by atoms with Crippen molar-refractivity contribution in [1.82, 2.24) is 14.5 Å². The van der Waals surface area contributed by atoms with Crippen LogP contribution < -0.4 is 5.32 Å². The fourth-order valence-electron chi connectivity index (χ4n) is 2.37. The van der Waals surface area contributed by atoms with Gasteiger partial charge in [0.05, 0.1) is 6.54 Å². The van der Waals surface area contributed by atoms with Gasteiger partial charge in [-0.15, -0.1) is 0 Å². The highest BCUT2D eigenvalue weighted by Crippen LogP contribution is 2.11. The molecule has 0 fully saturated rings. The van der Waals surface area contributed by atoms with Crippen molar-refractivity contribution in [3.8, 4) is 0 Å². The van der Waals surface area contributed by atoms with E-state index in [2.05, 4.69) is 19.8 Å². The van der Waals surface area contributed by atoms with Gasteiger partial charge >= 0.3 is 0 Å². The molecule has 0 bridgehead atoms. The number of fused-ring (bicyclic) bond motifs is 1. The quantitative estimate of drug-likeness (QED) is 0.912. The molecule has 3 rings (SSSR count). The maximum atomic E-state index is 13.0. The van der Waals surface area contributed by atoms with Crippen LogP contribution in [-0.2, 0) is 13.1 Å². The number of anilines is 1. The Balaban J connectivity index is 1.49. The predicted octanol–water partition coefficient (Wildman–Crippen LogP) is 1.95. The number of hydrogen-bond acceptors (Lipinski definition) is 3. The summed E-state index contributed by atoms with van der Waals surface area (Å²) in [5.41, 5.74) is 0.832. The Hall–Kier alpha value is -1.88. The van der Waals surface area contributed by atoms with Gasteiger partial charge in [-0.25, -0.2) is 9.37 Å². The fourth-order valence-corrected chi connectivity index (χ4v) is 2.37. The molecular formula is C14H17FN4. The van der Waals surface area contributed by atoms with Crippen molar-refractivity contribution in [3.05, 3.63) is 48.3 Å². The lowest BCUT2D eigenvalue weighted by atomic mass is 10.3. The predicted molar refractivity (Wildman–Crippen MR) is 72.4 cm³/mol. The van der Waals surface area contributed by atoms with Crippen LogP contribution in [0.2, 0.25) is 0 Å². The van der Waals surface area contributed by atoms with Crippen molar-refractivity contribution < 1.29 is 4.39 Å². The molecule has 0 radical (unpaired) electrons. The molecule has 19 heavy (non-hydrogen) atoms. The van der Waals surface area contributed by atoms with E-state index >= 15 is 0 Å². The molecule has 0 atom stereocenters. The molecule has 0 spiro atoms. The standard InChI is InChI=1S/C14H17FN4/c15-12-2-1-3-13(10-12)16-4-6-18-8-9-19-7-5-17-14(19)11-18/h1-3,5,7,10,16H,4,6,8-9,11H2. The van der Waals surface area contributed by atoms with Crippen LogP contribution in [0.3, 0.4) is 0 Å². The number of benzene rings is 1. The molecule has 1 aliphatic rings. The fraction of sp³-hybridized carbons (Fsp3) is 0.357. The summed E-state index contributed by atoms with van der Waals surface area (Å²) in [6, 6.07) is 6.57. The molecule has 4 nitrogen and oxygen atoms in total. The van der Waals surface area contributed by atoms with E-state index in [1.54, 1.807) is 6.07 Å². The van der Waals surface area contributed by atoms with Crippen molar-refractivity contribution in [2.75, 3.05) is 25.0 Å². The van der Waals surface area contributed by atoms with E-state index < -0.39 is 0 Å². The SMILES string of the molecule is Fc1cccc(NCCN2CCn3ccnc3C2)c1. The van der Waals surface area contributed by atoms with E-state index in [0.29, 0.717) is 0 Å². The van der Waals surface area contributed by atoms with Gasteiger partial charge in [-0.1, -0.05) is 6.07 Å². The number of rotatable bonds is 4. The van der Waals surface area contributed by atoms with Crippen molar-refractivity contribution in [1.29, 1.82) is 0 Å². The van der Waals surface area contributed by atoms with Crippen LogP contribution in [0, 0.1) is 5.82 Å². The lowest BCUT2D eigenvalue weighted by Crippen LogP contribution is -2.36. The van der Waals surface area contributed by atoms with E-state index in [4.69, 9.17) is 0 Å². The minimum Gasteiger partial charge on any atom is -0.384 e. The van der Waals surface area contributed by atoms with Gasteiger partial charge in [-0.3, -0.25) is 4.90 Å². The number of nitrogens with zero attached hydrogens (tertiary/aromatic N) is 3. The number of imidazole rings is 1. The maximum Gasteiger partial charge on any atom is 0.125 e. The summed E-state index contributed by atoms with van der Waals surface area (Å²) in [5.74, 6) is 0.919. The third-order valence-electron chi connectivity index (χ3n) is 3.41. The van der Waals surface area contributed by atoms with Crippen molar-refractivity contribution >= 4 is 5.69 Å². The van der Waals surface area contributed by atoms with E-state index in [9.17, 15) is 4.39 Å². The first kappa shape index (κ1) is 12.2. The summed E-state index contributed by atoms with van der Waals surface area (Å²) in [6.45, 7) is 4.66. The maximum absolute atomic E-state index is 13.0. The van der Waals surface area contributed by atoms with Gasteiger partial charge < -0.3 is 9.88 Å². The van der Waals surface area contributed by atoms with Crippen LogP contribution in [0.4, 0.5) is 10.1 Å². The zero-order valence-corrected chi connectivity index (χ0v) is 10.7. The molecule has 100 valence electrons. The molecule has 1 aromatic heterocycles. The van der Waals surface area contributed by atoms with Gasteiger partial charge in [0.2, 0.25) is 0 Å². The van der Waals surface area contributed by atoms with E-state index in [0.717, 1.165) is 44.2 Å². The first-order valence-corrected chi connectivity index (χ1v) is 6.53. The zero-order valence-electron chi connectivity index (χ0n) is 10.7. The Kier molecular flexibility index (Phi) is 3.46. The second-order valence-electron chi connectivity index (χ2n) is 4.75. The topological polar surface area (TPSA) is 33.1 Å². The highest BCUT2D eigenvalue weighted by molar-refractivity contribution is 5.42. The summed E-state index contributed by atoms with van der Waals surface area (Å²) < 4.78 is 15.2. The molecule has 2 heterocycles. The van der Waals surface area contributed by atoms with E-state index in [-0.39, 0.29) is 5.82 Å². The van der Waals surface area contributed by atoms with E-state index in [1.165, 1.54) is 12.1 Å². The number of hydrogen-bond donors (Lipinski definition) is 1. The van der Waals surface area contributed by atoms with Crippen molar-refractivity contribution in [2.45, 2.75) is 13.1 Å². The minimum atomic E-state index is -0.204. The average molecular weight is 260 g/mol. The summed E-state index contributed by atoms with van der Waals surface area (Å²) in [5, 5.41) is 3.24. The molecule has 0 saturated carbocycles. The second-order valence-corrected chi connectivity index (χ2v) is 4.75. The zero-order chi connectivity index (χ0) is 13.1. The number of nitrogens with one attached hydrogen (secondary N) is 1. The number of aromatic nitrogens is 2. The first-order chi connectivity index (χ1) is 9.31. The van der Waals surface area contributed by atoms with Crippen molar-refractivity contribution in [2.24, 2.45) is 0 Å². The second kappa shape index (κ2) is 5.40. The molecular weight excluding hydrogens is 243 g/mol. The highest BCUT2D eigenvalue weighted by Gasteiger charge is 2.15. The normalized spacial score (nSPS) is 15.2. The Bertz CT molecular complexity index is 552. The molecule has 1 aromatic carbocycles. The van der Waals surface area contributed by atoms with Crippen molar-refractivity contribution in [3.63, 3.8) is 0 Å². The molecule has 1 N–H and O–H groups in total. The molecule has 2 aromatic rings. The Labute approximate surface area is 111 Å². The minimum absolute atomic E-state index is 0.204. The smallest absolute Gasteiger partial charge is 0.125 e. The van der Waals surface area contributed by atoms with Gasteiger partial charge in [0.1, 0.15) is 11.6 Å². The molecule has 0 amide bonds. The molecule has 0 saturated heterocycles. The Morgan fingerprint density at radius 1 is 1.32 bits per heavy atom. The third kappa shape index (κ3) is 2.93. The molecule has 0 aliphatic carbocycles. The molecule has 5 heteroatoms.